The minimum absolute atomic E-state index is 0.101. The molecule has 94 valence electrons. The third kappa shape index (κ3) is 1.81. The molecule has 2 nitrogen and oxygen atoms in total. The molecule has 18 heavy (non-hydrogen) atoms. The fraction of sp³-hybridized carbons (Fsp3) is 0.438. The van der Waals surface area contributed by atoms with Crippen LogP contribution in [0.15, 0.2) is 30.6 Å². The van der Waals surface area contributed by atoms with Crippen molar-refractivity contribution >= 4 is 10.8 Å². The van der Waals surface area contributed by atoms with Crippen LogP contribution in [0.4, 0.5) is 0 Å². The largest absolute Gasteiger partial charge is 0.321 e. The minimum atomic E-state index is -0.101. The van der Waals surface area contributed by atoms with Gasteiger partial charge in [0.15, 0.2) is 0 Å². The smallest absolute Gasteiger partial charge is 0.0409 e. The Kier molecular flexibility index (Phi) is 2.83. The number of pyridine rings is 1. The standard InChI is InChI=1S/C16H20N2/c1-2-12-10-18-11-13-9-14(5-6-15(12)13)16(17)7-3-4-8-16/h5-6,9-11H,2-4,7-8,17H2,1H3. The minimum Gasteiger partial charge on any atom is -0.321 e. The van der Waals surface area contributed by atoms with Crippen LogP contribution < -0.4 is 5.73 Å². The summed E-state index contributed by atoms with van der Waals surface area (Å²) in [6, 6.07) is 6.68. The molecule has 0 bridgehead atoms. The normalized spacial score (nSPS) is 18.3. The third-order valence-electron chi connectivity index (χ3n) is 4.29. The summed E-state index contributed by atoms with van der Waals surface area (Å²) in [5, 5.41) is 2.54. The molecule has 0 aliphatic heterocycles. The van der Waals surface area contributed by atoms with Crippen molar-refractivity contribution < 1.29 is 0 Å². The van der Waals surface area contributed by atoms with Crippen LogP contribution in [0.1, 0.15) is 43.7 Å². The highest BCUT2D eigenvalue weighted by Gasteiger charge is 2.31. The molecule has 3 rings (SSSR count). The summed E-state index contributed by atoms with van der Waals surface area (Å²) >= 11 is 0. The molecule has 2 aromatic rings. The van der Waals surface area contributed by atoms with Crippen LogP contribution in [-0.4, -0.2) is 4.98 Å². The van der Waals surface area contributed by atoms with Crippen LogP contribution in [-0.2, 0) is 12.0 Å². The van der Waals surface area contributed by atoms with Gasteiger partial charge in [0.25, 0.3) is 0 Å². The highest BCUT2D eigenvalue weighted by atomic mass is 14.8. The fourth-order valence-electron chi connectivity index (χ4n) is 3.13. The molecule has 1 aromatic heterocycles. The molecule has 0 unspecified atom stereocenters. The van der Waals surface area contributed by atoms with Gasteiger partial charge in [0, 0.05) is 23.3 Å². The summed E-state index contributed by atoms with van der Waals surface area (Å²) < 4.78 is 0. The maximum Gasteiger partial charge on any atom is 0.0409 e. The van der Waals surface area contributed by atoms with E-state index in [0.717, 1.165) is 19.3 Å². The van der Waals surface area contributed by atoms with Gasteiger partial charge in [-0.3, -0.25) is 4.98 Å². The van der Waals surface area contributed by atoms with Crippen molar-refractivity contribution in [3.05, 3.63) is 41.7 Å². The lowest BCUT2D eigenvalue weighted by Gasteiger charge is -2.24. The quantitative estimate of drug-likeness (QED) is 0.872. The average molecular weight is 240 g/mol. The summed E-state index contributed by atoms with van der Waals surface area (Å²) in [4.78, 5) is 4.33. The number of benzene rings is 1. The van der Waals surface area contributed by atoms with Crippen LogP contribution in [0.3, 0.4) is 0 Å². The van der Waals surface area contributed by atoms with E-state index in [4.69, 9.17) is 5.73 Å². The van der Waals surface area contributed by atoms with Gasteiger partial charge in [-0.25, -0.2) is 0 Å². The van der Waals surface area contributed by atoms with E-state index in [-0.39, 0.29) is 5.54 Å². The van der Waals surface area contributed by atoms with Gasteiger partial charge in [-0.1, -0.05) is 31.9 Å². The number of hydrogen-bond donors (Lipinski definition) is 1. The number of nitrogens with zero attached hydrogens (tertiary/aromatic N) is 1. The molecule has 1 aliphatic carbocycles. The molecule has 2 N–H and O–H groups in total. The van der Waals surface area contributed by atoms with E-state index in [1.165, 1.54) is 34.7 Å². The van der Waals surface area contributed by atoms with Crippen molar-refractivity contribution in [3.63, 3.8) is 0 Å². The van der Waals surface area contributed by atoms with E-state index in [0.29, 0.717) is 0 Å². The third-order valence-corrected chi connectivity index (χ3v) is 4.29. The van der Waals surface area contributed by atoms with E-state index >= 15 is 0 Å². The Morgan fingerprint density at radius 2 is 2.00 bits per heavy atom. The molecule has 1 aromatic carbocycles. The van der Waals surface area contributed by atoms with E-state index in [1.807, 2.05) is 12.4 Å². The molecule has 2 heteroatoms. The molecule has 0 amide bonds. The van der Waals surface area contributed by atoms with E-state index in [2.05, 4.69) is 30.1 Å². The van der Waals surface area contributed by atoms with Crippen molar-refractivity contribution in [2.75, 3.05) is 0 Å². The Morgan fingerprint density at radius 3 is 2.72 bits per heavy atom. The van der Waals surface area contributed by atoms with Crippen molar-refractivity contribution in [1.82, 2.24) is 4.98 Å². The highest BCUT2D eigenvalue weighted by Crippen LogP contribution is 2.37. The Hall–Kier alpha value is -1.41. The topological polar surface area (TPSA) is 38.9 Å². The molecule has 0 radical (unpaired) electrons. The first kappa shape index (κ1) is 11.7. The van der Waals surface area contributed by atoms with Crippen LogP contribution in [0.2, 0.25) is 0 Å². The zero-order valence-corrected chi connectivity index (χ0v) is 10.9. The van der Waals surface area contributed by atoms with Crippen LogP contribution in [0, 0.1) is 0 Å². The summed E-state index contributed by atoms with van der Waals surface area (Å²) in [6.45, 7) is 2.17. The molecule has 1 saturated carbocycles. The van der Waals surface area contributed by atoms with Crippen molar-refractivity contribution in [2.45, 2.75) is 44.6 Å². The molecule has 0 atom stereocenters. The number of rotatable bonds is 2. The van der Waals surface area contributed by atoms with E-state index in [9.17, 15) is 0 Å². The lowest BCUT2D eigenvalue weighted by molar-refractivity contribution is 0.462. The van der Waals surface area contributed by atoms with Gasteiger partial charge in [0.1, 0.15) is 0 Å². The fourth-order valence-corrected chi connectivity index (χ4v) is 3.13. The Morgan fingerprint density at radius 1 is 1.22 bits per heavy atom. The maximum atomic E-state index is 6.52. The summed E-state index contributed by atoms with van der Waals surface area (Å²) in [5.74, 6) is 0. The average Bonchev–Trinajstić information content (AvgIpc) is 2.85. The number of aromatic nitrogens is 1. The lowest BCUT2D eigenvalue weighted by Crippen LogP contribution is -2.32. The second-order valence-electron chi connectivity index (χ2n) is 5.45. The Balaban J connectivity index is 2.12. The Bertz CT molecular complexity index is 568. The van der Waals surface area contributed by atoms with Gasteiger partial charge in [-0.15, -0.1) is 0 Å². The van der Waals surface area contributed by atoms with Gasteiger partial charge < -0.3 is 5.73 Å². The van der Waals surface area contributed by atoms with Crippen LogP contribution >= 0.6 is 0 Å². The number of fused-ring (bicyclic) bond motifs is 1. The monoisotopic (exact) mass is 240 g/mol. The molecule has 0 saturated heterocycles. The van der Waals surface area contributed by atoms with Crippen molar-refractivity contribution in [2.24, 2.45) is 5.73 Å². The molecular weight excluding hydrogens is 220 g/mol. The van der Waals surface area contributed by atoms with Crippen LogP contribution in [0.5, 0.6) is 0 Å². The van der Waals surface area contributed by atoms with Gasteiger partial charge in [-0.2, -0.15) is 0 Å². The second kappa shape index (κ2) is 4.36. The zero-order valence-electron chi connectivity index (χ0n) is 10.9. The van der Waals surface area contributed by atoms with Crippen LogP contribution in [0.25, 0.3) is 10.8 Å². The second-order valence-corrected chi connectivity index (χ2v) is 5.45. The predicted octanol–water partition coefficient (Wildman–Crippen LogP) is 3.53. The SMILES string of the molecule is CCc1cncc2cc(C3(N)CCCC3)ccc12. The number of nitrogens with two attached hydrogens (primary N) is 1. The number of hydrogen-bond acceptors (Lipinski definition) is 2. The zero-order chi connectivity index (χ0) is 12.6. The first-order valence-corrected chi connectivity index (χ1v) is 6.89. The summed E-state index contributed by atoms with van der Waals surface area (Å²) in [7, 11) is 0. The van der Waals surface area contributed by atoms with Crippen molar-refractivity contribution in [3.8, 4) is 0 Å². The first-order chi connectivity index (χ1) is 8.73. The summed E-state index contributed by atoms with van der Waals surface area (Å²) in [6.07, 6.45) is 9.67. The van der Waals surface area contributed by atoms with E-state index in [1.54, 1.807) is 0 Å². The molecule has 1 aliphatic rings. The molecular formula is C16H20N2. The first-order valence-electron chi connectivity index (χ1n) is 6.89. The molecule has 0 spiro atoms. The van der Waals surface area contributed by atoms with Crippen molar-refractivity contribution in [1.29, 1.82) is 0 Å². The molecule has 1 heterocycles. The maximum absolute atomic E-state index is 6.52. The lowest BCUT2D eigenvalue weighted by atomic mass is 9.88. The van der Waals surface area contributed by atoms with Gasteiger partial charge in [0.2, 0.25) is 0 Å². The predicted molar refractivity (Wildman–Crippen MR) is 75.5 cm³/mol. The van der Waals surface area contributed by atoms with Gasteiger partial charge >= 0.3 is 0 Å². The van der Waals surface area contributed by atoms with Gasteiger partial charge in [0.05, 0.1) is 0 Å². The summed E-state index contributed by atoms with van der Waals surface area (Å²) in [5.41, 5.74) is 9.02. The highest BCUT2D eigenvalue weighted by molar-refractivity contribution is 5.85. The van der Waals surface area contributed by atoms with E-state index < -0.39 is 0 Å². The van der Waals surface area contributed by atoms with Gasteiger partial charge in [-0.05, 0) is 41.8 Å². The Labute approximate surface area is 108 Å². The molecule has 1 fully saturated rings. The number of aryl methyl sites for hydroxylation is 1.